The van der Waals surface area contributed by atoms with Gasteiger partial charge >= 0.3 is 0 Å². The Morgan fingerprint density at radius 1 is 1.37 bits per heavy atom. The zero-order valence-electron chi connectivity index (χ0n) is 11.2. The minimum absolute atomic E-state index is 0.00707. The lowest BCUT2D eigenvalue weighted by atomic mass is 10.0. The molecule has 2 N–H and O–H groups in total. The molecule has 0 saturated carbocycles. The largest absolute Gasteiger partial charge is 0.394 e. The maximum atomic E-state index is 11.8. The number of amides is 1. The van der Waals surface area contributed by atoms with Crippen LogP contribution in [0.1, 0.15) is 20.3 Å². The Labute approximate surface area is 127 Å². The Hall–Kier alpha value is -0.520. The second kappa shape index (κ2) is 8.61. The van der Waals surface area contributed by atoms with Crippen LogP contribution in [-0.2, 0) is 4.79 Å². The van der Waals surface area contributed by atoms with E-state index in [0.29, 0.717) is 11.7 Å². The summed E-state index contributed by atoms with van der Waals surface area (Å²) in [5.41, 5.74) is 0. The molecule has 1 unspecified atom stereocenters. The molecule has 1 atom stereocenters. The Morgan fingerprint density at radius 3 is 2.53 bits per heavy atom. The molecule has 0 aliphatic carbocycles. The zero-order valence-corrected chi connectivity index (χ0v) is 13.6. The molecule has 5 heteroatoms. The van der Waals surface area contributed by atoms with Gasteiger partial charge in [0, 0.05) is 9.37 Å². The zero-order chi connectivity index (χ0) is 14.3. The molecule has 19 heavy (non-hydrogen) atoms. The summed E-state index contributed by atoms with van der Waals surface area (Å²) in [6.07, 6.45) is 0.797. The summed E-state index contributed by atoms with van der Waals surface area (Å²) in [7, 11) is 0. The van der Waals surface area contributed by atoms with Crippen molar-refractivity contribution in [2.75, 3.05) is 12.4 Å². The van der Waals surface area contributed by atoms with E-state index in [1.165, 1.54) is 11.8 Å². The lowest BCUT2D eigenvalue weighted by Gasteiger charge is -2.18. The molecule has 1 aromatic carbocycles. The number of rotatable bonds is 7. The Balaban J connectivity index is 2.36. The van der Waals surface area contributed by atoms with Crippen LogP contribution in [0.15, 0.2) is 33.6 Å². The van der Waals surface area contributed by atoms with Crippen LogP contribution >= 0.6 is 27.7 Å². The van der Waals surface area contributed by atoms with Crippen molar-refractivity contribution in [2.24, 2.45) is 5.92 Å². The van der Waals surface area contributed by atoms with Gasteiger partial charge in [0.25, 0.3) is 0 Å². The molecule has 0 radical (unpaired) electrons. The highest BCUT2D eigenvalue weighted by Crippen LogP contribution is 2.20. The van der Waals surface area contributed by atoms with E-state index in [0.717, 1.165) is 15.8 Å². The molecule has 0 aliphatic heterocycles. The maximum absolute atomic E-state index is 11.8. The van der Waals surface area contributed by atoms with Crippen LogP contribution in [0.25, 0.3) is 0 Å². The average Bonchev–Trinajstić information content (AvgIpc) is 2.36. The summed E-state index contributed by atoms with van der Waals surface area (Å²) in [6, 6.07) is 7.71. The van der Waals surface area contributed by atoms with Crippen LogP contribution in [0, 0.1) is 5.92 Å². The Bertz CT molecular complexity index is 395. The first-order valence-corrected chi connectivity index (χ1v) is 8.07. The molecule has 0 saturated heterocycles. The van der Waals surface area contributed by atoms with Gasteiger partial charge in [-0.05, 0) is 36.6 Å². The number of aliphatic hydroxyl groups excluding tert-OH is 1. The van der Waals surface area contributed by atoms with E-state index < -0.39 is 0 Å². The molecule has 1 aromatic rings. The Kier molecular flexibility index (Phi) is 7.49. The molecule has 0 bridgehead atoms. The van der Waals surface area contributed by atoms with Gasteiger partial charge in [0.2, 0.25) is 5.91 Å². The van der Waals surface area contributed by atoms with Crippen LogP contribution in [0.2, 0.25) is 0 Å². The maximum Gasteiger partial charge on any atom is 0.230 e. The predicted molar refractivity (Wildman–Crippen MR) is 83.3 cm³/mol. The van der Waals surface area contributed by atoms with Crippen molar-refractivity contribution in [3.63, 3.8) is 0 Å². The first-order chi connectivity index (χ1) is 9.01. The normalized spacial score (nSPS) is 12.5. The van der Waals surface area contributed by atoms with Gasteiger partial charge < -0.3 is 10.4 Å². The second-order valence-electron chi connectivity index (χ2n) is 4.82. The molecule has 3 nitrogen and oxygen atoms in total. The summed E-state index contributed by atoms with van der Waals surface area (Å²) in [6.45, 7) is 4.14. The number of benzene rings is 1. The first kappa shape index (κ1) is 16.5. The third-order valence-corrected chi connectivity index (χ3v) is 4.07. The smallest absolute Gasteiger partial charge is 0.230 e. The SMILES string of the molecule is CC(C)CC(CO)NC(=O)CSc1ccc(Br)cc1. The van der Waals surface area contributed by atoms with E-state index in [2.05, 4.69) is 35.1 Å². The van der Waals surface area contributed by atoms with E-state index in [9.17, 15) is 9.90 Å². The highest BCUT2D eigenvalue weighted by Gasteiger charge is 2.13. The van der Waals surface area contributed by atoms with Gasteiger partial charge in [0.1, 0.15) is 0 Å². The topological polar surface area (TPSA) is 49.3 Å². The molecule has 0 aromatic heterocycles. The summed E-state index contributed by atoms with van der Waals surface area (Å²) in [5, 5.41) is 12.1. The summed E-state index contributed by atoms with van der Waals surface area (Å²) in [5.74, 6) is 0.792. The van der Waals surface area contributed by atoms with Crippen LogP contribution in [0.5, 0.6) is 0 Å². The number of carbonyl (C=O) groups excluding carboxylic acids is 1. The number of hydrogen-bond acceptors (Lipinski definition) is 3. The second-order valence-corrected chi connectivity index (χ2v) is 6.78. The fraction of sp³-hybridized carbons (Fsp3) is 0.500. The minimum atomic E-state index is -0.141. The summed E-state index contributed by atoms with van der Waals surface area (Å²) in [4.78, 5) is 12.8. The van der Waals surface area contributed by atoms with Gasteiger partial charge in [-0.3, -0.25) is 4.79 Å². The molecule has 0 spiro atoms. The van der Waals surface area contributed by atoms with Crippen LogP contribution < -0.4 is 5.32 Å². The van der Waals surface area contributed by atoms with E-state index in [4.69, 9.17) is 0 Å². The van der Waals surface area contributed by atoms with Gasteiger partial charge in [0.05, 0.1) is 18.4 Å². The molecule has 1 amide bonds. The van der Waals surface area contributed by atoms with Gasteiger partial charge in [-0.1, -0.05) is 29.8 Å². The lowest BCUT2D eigenvalue weighted by Crippen LogP contribution is -2.39. The fourth-order valence-electron chi connectivity index (χ4n) is 1.70. The van der Waals surface area contributed by atoms with Gasteiger partial charge in [-0.25, -0.2) is 0 Å². The van der Waals surface area contributed by atoms with Crippen molar-refractivity contribution < 1.29 is 9.90 Å². The number of halogens is 1. The third-order valence-electron chi connectivity index (χ3n) is 2.52. The highest BCUT2D eigenvalue weighted by molar-refractivity contribution is 9.10. The van der Waals surface area contributed by atoms with Crippen LogP contribution in [-0.4, -0.2) is 29.4 Å². The Morgan fingerprint density at radius 2 is 2.00 bits per heavy atom. The number of aliphatic hydroxyl groups is 1. The highest BCUT2D eigenvalue weighted by atomic mass is 79.9. The number of carbonyl (C=O) groups is 1. The third kappa shape index (κ3) is 6.99. The average molecular weight is 346 g/mol. The van der Waals surface area contributed by atoms with Crippen molar-refractivity contribution >= 4 is 33.6 Å². The number of hydrogen-bond donors (Lipinski definition) is 2. The molecule has 1 rings (SSSR count). The van der Waals surface area contributed by atoms with E-state index in [1.807, 2.05) is 24.3 Å². The quantitative estimate of drug-likeness (QED) is 0.746. The van der Waals surface area contributed by atoms with Crippen molar-refractivity contribution in [1.82, 2.24) is 5.32 Å². The van der Waals surface area contributed by atoms with Crippen molar-refractivity contribution in [1.29, 1.82) is 0 Å². The minimum Gasteiger partial charge on any atom is -0.394 e. The molecular formula is C14H20BrNO2S. The van der Waals surface area contributed by atoms with Gasteiger partial charge in [-0.15, -0.1) is 11.8 Å². The van der Waals surface area contributed by atoms with Crippen LogP contribution in [0.3, 0.4) is 0 Å². The van der Waals surface area contributed by atoms with E-state index in [-0.39, 0.29) is 18.6 Å². The van der Waals surface area contributed by atoms with Gasteiger partial charge in [-0.2, -0.15) is 0 Å². The molecule has 0 aliphatic rings. The summed E-state index contributed by atoms with van der Waals surface area (Å²) < 4.78 is 1.03. The molecule has 0 fully saturated rings. The van der Waals surface area contributed by atoms with Gasteiger partial charge in [0.15, 0.2) is 0 Å². The van der Waals surface area contributed by atoms with E-state index in [1.54, 1.807) is 0 Å². The van der Waals surface area contributed by atoms with Crippen molar-refractivity contribution in [3.8, 4) is 0 Å². The van der Waals surface area contributed by atoms with Crippen molar-refractivity contribution in [2.45, 2.75) is 31.2 Å². The standard InChI is InChI=1S/C14H20BrNO2S/c1-10(2)7-12(8-17)16-14(18)9-19-13-5-3-11(15)4-6-13/h3-6,10,12,17H,7-9H2,1-2H3,(H,16,18). The first-order valence-electron chi connectivity index (χ1n) is 6.30. The summed E-state index contributed by atoms with van der Waals surface area (Å²) >= 11 is 4.87. The molecular weight excluding hydrogens is 326 g/mol. The van der Waals surface area contributed by atoms with E-state index >= 15 is 0 Å². The predicted octanol–water partition coefficient (Wildman–Crippen LogP) is 3.06. The monoisotopic (exact) mass is 345 g/mol. The molecule has 106 valence electrons. The van der Waals surface area contributed by atoms with Crippen LogP contribution in [0.4, 0.5) is 0 Å². The molecule has 0 heterocycles. The number of nitrogens with one attached hydrogen (secondary N) is 1. The fourth-order valence-corrected chi connectivity index (χ4v) is 2.67. The van der Waals surface area contributed by atoms with Crippen molar-refractivity contribution in [3.05, 3.63) is 28.7 Å². The lowest BCUT2D eigenvalue weighted by molar-refractivity contribution is -0.119. The number of thioether (sulfide) groups is 1.